The van der Waals surface area contributed by atoms with Gasteiger partial charge in [0.1, 0.15) is 6.10 Å². The standard InChI is InChI=1S/C8H14O3/c1-4-5-8(10)11-7(3)6(2)9/h4-7,9H,1-3H3/b5-4-. The second-order valence-electron chi connectivity index (χ2n) is 2.38. The zero-order valence-corrected chi connectivity index (χ0v) is 7.07. The zero-order valence-electron chi connectivity index (χ0n) is 7.07. The average Bonchev–Trinajstić information content (AvgIpc) is 1.87. The van der Waals surface area contributed by atoms with Gasteiger partial charge in [0.15, 0.2) is 0 Å². The molecule has 0 aliphatic heterocycles. The highest BCUT2D eigenvalue weighted by molar-refractivity contribution is 5.81. The van der Waals surface area contributed by atoms with Crippen molar-refractivity contribution in [3.05, 3.63) is 12.2 Å². The lowest BCUT2D eigenvalue weighted by Crippen LogP contribution is -2.24. The molecule has 0 aromatic rings. The first-order valence-electron chi connectivity index (χ1n) is 3.59. The van der Waals surface area contributed by atoms with E-state index in [1.165, 1.54) is 6.08 Å². The van der Waals surface area contributed by atoms with Crippen molar-refractivity contribution in [3.63, 3.8) is 0 Å². The number of rotatable bonds is 3. The van der Waals surface area contributed by atoms with E-state index >= 15 is 0 Å². The van der Waals surface area contributed by atoms with E-state index in [0.717, 1.165) is 0 Å². The van der Waals surface area contributed by atoms with Crippen molar-refractivity contribution in [1.29, 1.82) is 0 Å². The van der Waals surface area contributed by atoms with Crippen LogP contribution in [-0.2, 0) is 9.53 Å². The Hall–Kier alpha value is -0.830. The summed E-state index contributed by atoms with van der Waals surface area (Å²) in [6.07, 6.45) is 1.85. The summed E-state index contributed by atoms with van der Waals surface area (Å²) in [6, 6.07) is 0. The van der Waals surface area contributed by atoms with Crippen molar-refractivity contribution in [2.75, 3.05) is 0 Å². The minimum Gasteiger partial charge on any atom is -0.457 e. The molecule has 0 saturated carbocycles. The van der Waals surface area contributed by atoms with Crippen LogP contribution < -0.4 is 0 Å². The summed E-state index contributed by atoms with van der Waals surface area (Å²) in [5.41, 5.74) is 0. The first kappa shape index (κ1) is 10.2. The van der Waals surface area contributed by atoms with Gasteiger partial charge in [-0.25, -0.2) is 4.79 Å². The molecule has 0 heterocycles. The fourth-order valence-corrected chi connectivity index (χ4v) is 0.457. The third-order valence-corrected chi connectivity index (χ3v) is 1.28. The molecule has 0 fully saturated rings. The average molecular weight is 158 g/mol. The maximum Gasteiger partial charge on any atom is 0.330 e. The van der Waals surface area contributed by atoms with E-state index in [1.807, 2.05) is 0 Å². The predicted octanol–water partition coefficient (Wildman–Crippen LogP) is 0.875. The molecule has 0 amide bonds. The van der Waals surface area contributed by atoms with Crippen LogP contribution in [0.15, 0.2) is 12.2 Å². The van der Waals surface area contributed by atoms with Gasteiger partial charge in [0.2, 0.25) is 0 Å². The van der Waals surface area contributed by atoms with Crippen LogP contribution in [0.2, 0.25) is 0 Å². The molecule has 0 bridgehead atoms. The first-order chi connectivity index (χ1) is 5.07. The Morgan fingerprint density at radius 2 is 2.09 bits per heavy atom. The number of allylic oxidation sites excluding steroid dienone is 1. The van der Waals surface area contributed by atoms with Gasteiger partial charge >= 0.3 is 5.97 Å². The topological polar surface area (TPSA) is 46.5 Å². The van der Waals surface area contributed by atoms with Crippen molar-refractivity contribution >= 4 is 5.97 Å². The summed E-state index contributed by atoms with van der Waals surface area (Å²) in [7, 11) is 0. The summed E-state index contributed by atoms with van der Waals surface area (Å²) in [4.78, 5) is 10.7. The fraction of sp³-hybridized carbons (Fsp3) is 0.625. The van der Waals surface area contributed by atoms with E-state index in [0.29, 0.717) is 0 Å². The molecule has 0 saturated heterocycles. The Kier molecular flexibility index (Phi) is 4.54. The summed E-state index contributed by atoms with van der Waals surface area (Å²) in [6.45, 7) is 4.95. The lowest BCUT2D eigenvalue weighted by Gasteiger charge is -2.13. The van der Waals surface area contributed by atoms with Crippen LogP contribution in [0.5, 0.6) is 0 Å². The minimum atomic E-state index is -0.621. The number of carbonyl (C=O) groups is 1. The smallest absolute Gasteiger partial charge is 0.330 e. The van der Waals surface area contributed by atoms with Gasteiger partial charge in [-0.3, -0.25) is 0 Å². The van der Waals surface area contributed by atoms with Crippen LogP contribution in [0.25, 0.3) is 0 Å². The molecular weight excluding hydrogens is 144 g/mol. The number of hydrogen-bond acceptors (Lipinski definition) is 3. The van der Waals surface area contributed by atoms with Crippen LogP contribution in [0.4, 0.5) is 0 Å². The summed E-state index contributed by atoms with van der Waals surface area (Å²) in [5, 5.41) is 8.94. The molecule has 0 aliphatic carbocycles. The number of ether oxygens (including phenoxy) is 1. The van der Waals surface area contributed by atoms with Gasteiger partial charge in [-0.1, -0.05) is 6.08 Å². The molecule has 3 heteroatoms. The molecular formula is C8H14O3. The van der Waals surface area contributed by atoms with Crippen LogP contribution in [0, 0.1) is 0 Å². The van der Waals surface area contributed by atoms with Crippen molar-refractivity contribution in [2.24, 2.45) is 0 Å². The van der Waals surface area contributed by atoms with E-state index < -0.39 is 18.2 Å². The third-order valence-electron chi connectivity index (χ3n) is 1.28. The highest BCUT2D eigenvalue weighted by Gasteiger charge is 2.11. The Bertz CT molecular complexity index is 149. The van der Waals surface area contributed by atoms with Crippen LogP contribution in [-0.4, -0.2) is 23.3 Å². The molecule has 2 atom stereocenters. The van der Waals surface area contributed by atoms with E-state index in [4.69, 9.17) is 9.84 Å². The Balaban J connectivity index is 3.75. The fourth-order valence-electron chi connectivity index (χ4n) is 0.457. The maximum absolute atomic E-state index is 10.7. The zero-order chi connectivity index (χ0) is 8.85. The molecule has 0 spiro atoms. The highest BCUT2D eigenvalue weighted by Crippen LogP contribution is 1.98. The number of aliphatic hydroxyl groups excluding tert-OH is 1. The van der Waals surface area contributed by atoms with Crippen molar-refractivity contribution < 1.29 is 14.6 Å². The lowest BCUT2D eigenvalue weighted by molar-refractivity contribution is -0.146. The van der Waals surface area contributed by atoms with Gasteiger partial charge in [-0.15, -0.1) is 0 Å². The summed E-state index contributed by atoms with van der Waals surface area (Å²) < 4.78 is 4.78. The van der Waals surface area contributed by atoms with E-state index in [2.05, 4.69) is 0 Å². The molecule has 0 aliphatic rings. The lowest BCUT2D eigenvalue weighted by atomic mass is 10.3. The second-order valence-corrected chi connectivity index (χ2v) is 2.38. The van der Waals surface area contributed by atoms with Gasteiger partial charge in [0.05, 0.1) is 6.10 Å². The number of esters is 1. The Morgan fingerprint density at radius 3 is 2.45 bits per heavy atom. The molecule has 0 rings (SSSR count). The normalized spacial score (nSPS) is 16.4. The monoisotopic (exact) mass is 158 g/mol. The predicted molar refractivity (Wildman–Crippen MR) is 42.0 cm³/mol. The van der Waals surface area contributed by atoms with Crippen molar-refractivity contribution in [2.45, 2.75) is 33.0 Å². The van der Waals surface area contributed by atoms with Crippen LogP contribution in [0.3, 0.4) is 0 Å². The van der Waals surface area contributed by atoms with Crippen molar-refractivity contribution in [1.82, 2.24) is 0 Å². The van der Waals surface area contributed by atoms with Gasteiger partial charge in [0, 0.05) is 6.08 Å². The van der Waals surface area contributed by atoms with Crippen molar-refractivity contribution in [3.8, 4) is 0 Å². The molecule has 11 heavy (non-hydrogen) atoms. The molecule has 0 aromatic carbocycles. The van der Waals surface area contributed by atoms with Gasteiger partial charge < -0.3 is 9.84 Å². The molecule has 1 N–H and O–H groups in total. The quantitative estimate of drug-likeness (QED) is 0.489. The SMILES string of the molecule is C/C=C\C(=O)OC(C)C(C)O. The summed E-state index contributed by atoms with van der Waals surface area (Å²) in [5.74, 6) is -0.416. The van der Waals surface area contributed by atoms with E-state index in [1.54, 1.807) is 26.8 Å². The maximum atomic E-state index is 10.7. The molecule has 0 aromatic heterocycles. The molecule has 64 valence electrons. The Morgan fingerprint density at radius 1 is 1.55 bits per heavy atom. The highest BCUT2D eigenvalue weighted by atomic mass is 16.6. The minimum absolute atomic E-state index is 0.416. The van der Waals surface area contributed by atoms with Gasteiger partial charge in [-0.2, -0.15) is 0 Å². The number of aliphatic hydroxyl groups is 1. The van der Waals surface area contributed by atoms with Gasteiger partial charge in [0.25, 0.3) is 0 Å². The van der Waals surface area contributed by atoms with Crippen LogP contribution >= 0.6 is 0 Å². The van der Waals surface area contributed by atoms with E-state index in [9.17, 15) is 4.79 Å². The number of carbonyl (C=O) groups excluding carboxylic acids is 1. The number of hydrogen-bond donors (Lipinski definition) is 1. The first-order valence-corrected chi connectivity index (χ1v) is 3.59. The molecule has 0 radical (unpaired) electrons. The van der Waals surface area contributed by atoms with Gasteiger partial charge in [-0.05, 0) is 20.8 Å². The van der Waals surface area contributed by atoms with E-state index in [-0.39, 0.29) is 0 Å². The third kappa shape index (κ3) is 4.56. The largest absolute Gasteiger partial charge is 0.457 e. The summed E-state index contributed by atoms with van der Waals surface area (Å²) >= 11 is 0. The molecule has 2 unspecified atom stereocenters. The van der Waals surface area contributed by atoms with Crippen LogP contribution in [0.1, 0.15) is 20.8 Å². The second kappa shape index (κ2) is 4.91. The Labute approximate surface area is 66.7 Å². The molecule has 3 nitrogen and oxygen atoms in total.